The zero-order valence-corrected chi connectivity index (χ0v) is 22.7. The molecule has 0 N–H and O–H groups in total. The second-order valence-electron chi connectivity index (χ2n) is 10.7. The summed E-state index contributed by atoms with van der Waals surface area (Å²) in [5.41, 5.74) is 4.19. The number of nitrogens with zero attached hydrogens (tertiary/aromatic N) is 2. The Balaban J connectivity index is 1.39. The Hall–Kier alpha value is -3.60. The van der Waals surface area contributed by atoms with E-state index >= 15 is 0 Å². The lowest BCUT2D eigenvalue weighted by Gasteiger charge is -2.23. The number of ether oxygens (including phenoxy) is 2. The third kappa shape index (κ3) is 6.40. The van der Waals surface area contributed by atoms with Crippen LogP contribution in [0.4, 0.5) is 0 Å². The number of hydrogen-bond acceptors (Lipinski definition) is 4. The lowest BCUT2D eigenvalue weighted by Crippen LogP contribution is -2.23. The first kappa shape index (κ1) is 26.5. The molecule has 4 aromatic rings. The predicted molar refractivity (Wildman–Crippen MR) is 152 cm³/mol. The van der Waals surface area contributed by atoms with E-state index in [0.717, 1.165) is 48.3 Å². The van der Waals surface area contributed by atoms with Gasteiger partial charge in [-0.3, -0.25) is 9.36 Å². The number of hydrogen-bond donors (Lipinski definition) is 0. The molecule has 0 spiro atoms. The molecule has 0 amide bonds. The summed E-state index contributed by atoms with van der Waals surface area (Å²) in [6, 6.07) is 21.7. The van der Waals surface area contributed by atoms with Gasteiger partial charge in [0.05, 0.1) is 24.6 Å². The lowest BCUT2D eigenvalue weighted by atomic mass is 9.85. The van der Waals surface area contributed by atoms with Gasteiger partial charge >= 0.3 is 0 Å². The molecule has 0 aliphatic rings. The summed E-state index contributed by atoms with van der Waals surface area (Å²) in [7, 11) is 1.65. The number of methoxy groups -OCH3 is 1. The first-order valence-electron chi connectivity index (χ1n) is 13.2. The fourth-order valence-electron chi connectivity index (χ4n) is 4.60. The molecule has 194 valence electrons. The van der Waals surface area contributed by atoms with Gasteiger partial charge in [0.25, 0.3) is 5.56 Å². The second-order valence-corrected chi connectivity index (χ2v) is 10.7. The number of para-hydroxylation sites is 1. The molecular weight excluding hydrogens is 460 g/mol. The standard InChI is InChI=1S/C32H38N2O3/c1-23-14-19-29(27(22-23)32(2,3)4)37-21-11-7-6-10-20-34-30(24-15-17-25(36-5)18-16-24)33-28-13-9-8-12-26(28)31(34)35/h8-9,12-19,22H,6-7,10-11,20-21H2,1-5H3. The maximum atomic E-state index is 13.4. The highest BCUT2D eigenvalue weighted by molar-refractivity contribution is 5.79. The Kier molecular flexibility index (Phi) is 8.32. The van der Waals surface area contributed by atoms with Crippen molar-refractivity contribution in [3.63, 3.8) is 0 Å². The van der Waals surface area contributed by atoms with E-state index in [2.05, 4.69) is 45.9 Å². The minimum absolute atomic E-state index is 0.00818. The Morgan fingerprint density at radius 3 is 2.35 bits per heavy atom. The van der Waals surface area contributed by atoms with Crippen molar-refractivity contribution >= 4 is 10.9 Å². The van der Waals surface area contributed by atoms with Gasteiger partial charge in [-0.2, -0.15) is 0 Å². The minimum atomic E-state index is 0.00818. The molecule has 0 saturated heterocycles. The van der Waals surface area contributed by atoms with E-state index in [1.165, 1.54) is 11.1 Å². The van der Waals surface area contributed by atoms with Crippen molar-refractivity contribution in [3.8, 4) is 22.9 Å². The molecule has 0 bridgehead atoms. The quantitative estimate of drug-likeness (QED) is 0.215. The summed E-state index contributed by atoms with van der Waals surface area (Å²) < 4.78 is 13.3. The first-order chi connectivity index (χ1) is 17.8. The molecule has 0 aliphatic heterocycles. The minimum Gasteiger partial charge on any atom is -0.497 e. The van der Waals surface area contributed by atoms with Crippen molar-refractivity contribution < 1.29 is 9.47 Å². The SMILES string of the molecule is COc1ccc(-c2nc3ccccc3c(=O)n2CCCCCCOc2ccc(C)cc2C(C)(C)C)cc1. The van der Waals surface area contributed by atoms with Crippen LogP contribution in [0.2, 0.25) is 0 Å². The Morgan fingerprint density at radius 1 is 0.892 bits per heavy atom. The van der Waals surface area contributed by atoms with E-state index in [4.69, 9.17) is 14.5 Å². The molecule has 0 saturated carbocycles. The van der Waals surface area contributed by atoms with Crippen LogP contribution in [0.15, 0.2) is 71.5 Å². The van der Waals surface area contributed by atoms with Crippen LogP contribution in [0.1, 0.15) is 57.6 Å². The van der Waals surface area contributed by atoms with Gasteiger partial charge in [-0.1, -0.05) is 63.4 Å². The molecule has 0 aliphatic carbocycles. The molecular formula is C32H38N2O3. The van der Waals surface area contributed by atoms with Gasteiger partial charge in [-0.05, 0) is 73.2 Å². The predicted octanol–water partition coefficient (Wildman–Crippen LogP) is 7.32. The number of rotatable bonds is 10. The average Bonchev–Trinajstić information content (AvgIpc) is 2.89. The molecule has 0 radical (unpaired) electrons. The van der Waals surface area contributed by atoms with Gasteiger partial charge in [0.1, 0.15) is 17.3 Å². The van der Waals surface area contributed by atoms with Gasteiger partial charge in [-0.15, -0.1) is 0 Å². The van der Waals surface area contributed by atoms with Crippen molar-refractivity contribution in [2.45, 2.75) is 65.3 Å². The maximum absolute atomic E-state index is 13.4. The highest BCUT2D eigenvalue weighted by Crippen LogP contribution is 2.32. The molecule has 0 atom stereocenters. The van der Waals surface area contributed by atoms with Crippen molar-refractivity contribution in [2.75, 3.05) is 13.7 Å². The number of aryl methyl sites for hydroxylation is 1. The zero-order valence-electron chi connectivity index (χ0n) is 22.7. The number of fused-ring (bicyclic) bond motifs is 1. The van der Waals surface area contributed by atoms with E-state index < -0.39 is 0 Å². The molecule has 1 heterocycles. The van der Waals surface area contributed by atoms with E-state index in [-0.39, 0.29) is 11.0 Å². The molecule has 5 heteroatoms. The van der Waals surface area contributed by atoms with Gasteiger partial charge in [0, 0.05) is 12.1 Å². The van der Waals surface area contributed by atoms with Crippen molar-refractivity contribution in [3.05, 3.63) is 88.2 Å². The van der Waals surface area contributed by atoms with Crippen LogP contribution in [0.5, 0.6) is 11.5 Å². The van der Waals surface area contributed by atoms with Crippen molar-refractivity contribution in [1.29, 1.82) is 0 Å². The smallest absolute Gasteiger partial charge is 0.261 e. The second kappa shape index (κ2) is 11.6. The van der Waals surface area contributed by atoms with Gasteiger partial charge in [0.2, 0.25) is 0 Å². The Bertz CT molecular complexity index is 1400. The largest absolute Gasteiger partial charge is 0.497 e. The normalized spacial score (nSPS) is 11.6. The topological polar surface area (TPSA) is 53.3 Å². The summed E-state index contributed by atoms with van der Waals surface area (Å²) in [4.78, 5) is 18.2. The molecule has 4 rings (SSSR count). The zero-order chi connectivity index (χ0) is 26.4. The summed E-state index contributed by atoms with van der Waals surface area (Å²) in [5.74, 6) is 2.46. The summed E-state index contributed by atoms with van der Waals surface area (Å²) in [5, 5.41) is 0.654. The summed E-state index contributed by atoms with van der Waals surface area (Å²) >= 11 is 0. The Labute approximate surface area is 220 Å². The third-order valence-electron chi connectivity index (χ3n) is 6.69. The fourth-order valence-corrected chi connectivity index (χ4v) is 4.60. The molecule has 3 aromatic carbocycles. The first-order valence-corrected chi connectivity index (χ1v) is 13.2. The van der Waals surface area contributed by atoms with Crippen molar-refractivity contribution in [2.24, 2.45) is 0 Å². The van der Waals surface area contributed by atoms with Crippen molar-refractivity contribution in [1.82, 2.24) is 9.55 Å². The summed E-state index contributed by atoms with van der Waals surface area (Å²) in [6.45, 7) is 10.1. The summed E-state index contributed by atoms with van der Waals surface area (Å²) in [6.07, 6.45) is 3.95. The highest BCUT2D eigenvalue weighted by atomic mass is 16.5. The van der Waals surface area contributed by atoms with E-state index in [1.54, 1.807) is 7.11 Å². The monoisotopic (exact) mass is 498 g/mol. The Morgan fingerprint density at radius 2 is 1.62 bits per heavy atom. The maximum Gasteiger partial charge on any atom is 0.261 e. The van der Waals surface area contributed by atoms with E-state index in [9.17, 15) is 4.79 Å². The van der Waals surface area contributed by atoms with Crippen LogP contribution in [-0.2, 0) is 12.0 Å². The third-order valence-corrected chi connectivity index (χ3v) is 6.69. The van der Waals surface area contributed by atoms with Crippen LogP contribution in [0.3, 0.4) is 0 Å². The number of unbranched alkanes of at least 4 members (excludes halogenated alkanes) is 3. The molecule has 0 unspecified atom stereocenters. The fraction of sp³-hybridized carbons (Fsp3) is 0.375. The average molecular weight is 499 g/mol. The molecule has 37 heavy (non-hydrogen) atoms. The molecule has 5 nitrogen and oxygen atoms in total. The molecule has 1 aromatic heterocycles. The van der Waals surface area contributed by atoms with Gasteiger partial charge in [0.15, 0.2) is 0 Å². The molecule has 0 fully saturated rings. The number of aromatic nitrogens is 2. The van der Waals surface area contributed by atoms with Crippen LogP contribution in [0, 0.1) is 6.92 Å². The van der Waals surface area contributed by atoms with E-state index in [0.29, 0.717) is 24.4 Å². The van der Waals surface area contributed by atoms with Crippen LogP contribution in [-0.4, -0.2) is 23.3 Å². The highest BCUT2D eigenvalue weighted by Gasteiger charge is 2.19. The lowest BCUT2D eigenvalue weighted by molar-refractivity contribution is 0.296. The van der Waals surface area contributed by atoms with E-state index in [1.807, 2.05) is 53.1 Å². The van der Waals surface area contributed by atoms with Crippen LogP contribution < -0.4 is 15.0 Å². The van der Waals surface area contributed by atoms with Crippen LogP contribution in [0.25, 0.3) is 22.3 Å². The number of benzene rings is 3. The van der Waals surface area contributed by atoms with Gasteiger partial charge < -0.3 is 9.47 Å². The van der Waals surface area contributed by atoms with Gasteiger partial charge in [-0.25, -0.2) is 4.98 Å². The van der Waals surface area contributed by atoms with Crippen LogP contribution >= 0.6 is 0 Å².